The minimum absolute atomic E-state index is 0.211. The molecule has 0 saturated carbocycles. The van der Waals surface area contributed by atoms with Gasteiger partial charge in [0, 0.05) is 17.8 Å². The van der Waals surface area contributed by atoms with Gasteiger partial charge in [-0.2, -0.15) is 0 Å². The van der Waals surface area contributed by atoms with Crippen molar-refractivity contribution in [3.05, 3.63) is 101 Å². The molecular weight excluding hydrogens is 478 g/mol. The lowest BCUT2D eigenvalue weighted by atomic mass is 10.00. The summed E-state index contributed by atoms with van der Waals surface area (Å²) in [6.45, 7) is 8.95. The molecule has 2 atom stereocenters. The largest absolute Gasteiger partial charge is 0.438 e. The zero-order valence-corrected chi connectivity index (χ0v) is 22.4. The third-order valence-electron chi connectivity index (χ3n) is 6.62. The van der Waals surface area contributed by atoms with Gasteiger partial charge in [-0.1, -0.05) is 73.5 Å². The molecule has 1 fully saturated rings. The third kappa shape index (κ3) is 6.59. The Morgan fingerprint density at radius 2 is 1.66 bits per heavy atom. The fourth-order valence-corrected chi connectivity index (χ4v) is 4.47. The molecule has 38 heavy (non-hydrogen) atoms. The molecule has 4 rings (SSSR count). The molecule has 1 aliphatic rings. The normalized spacial score (nSPS) is 16.9. The molecule has 0 aliphatic carbocycles. The van der Waals surface area contributed by atoms with Gasteiger partial charge < -0.3 is 15.4 Å². The molecule has 0 bridgehead atoms. The van der Waals surface area contributed by atoms with Crippen molar-refractivity contribution in [1.82, 2.24) is 10.2 Å². The van der Waals surface area contributed by atoms with Crippen LogP contribution < -0.4 is 10.6 Å². The first kappa shape index (κ1) is 26.9. The molecule has 1 saturated heterocycles. The first-order valence-corrected chi connectivity index (χ1v) is 13.0. The van der Waals surface area contributed by atoms with E-state index in [2.05, 4.69) is 24.5 Å². The summed E-state index contributed by atoms with van der Waals surface area (Å²) in [7, 11) is 0. The molecule has 3 aromatic carbocycles. The van der Waals surface area contributed by atoms with Crippen LogP contribution in [-0.4, -0.2) is 35.4 Å². The summed E-state index contributed by atoms with van der Waals surface area (Å²) in [5.41, 5.74) is 4.94. The minimum Gasteiger partial charge on any atom is -0.438 e. The summed E-state index contributed by atoms with van der Waals surface area (Å²) in [5, 5.41) is 5.88. The Balaban J connectivity index is 1.53. The highest BCUT2D eigenvalue weighted by molar-refractivity contribution is 6.04. The second kappa shape index (κ2) is 11.9. The van der Waals surface area contributed by atoms with Crippen molar-refractivity contribution >= 4 is 23.6 Å². The predicted molar refractivity (Wildman–Crippen MR) is 148 cm³/mol. The molecule has 7 nitrogen and oxygen atoms in total. The third-order valence-corrected chi connectivity index (χ3v) is 6.62. The molecular formula is C31H35N3O4. The summed E-state index contributed by atoms with van der Waals surface area (Å²) in [5.74, 6) is -0.0127. The van der Waals surface area contributed by atoms with Crippen molar-refractivity contribution in [2.45, 2.75) is 52.8 Å². The highest BCUT2D eigenvalue weighted by Gasteiger charge is 2.46. The Morgan fingerprint density at radius 1 is 0.947 bits per heavy atom. The number of hydrogen-bond acceptors (Lipinski definition) is 4. The van der Waals surface area contributed by atoms with E-state index < -0.39 is 18.2 Å². The topological polar surface area (TPSA) is 87.7 Å². The highest BCUT2D eigenvalue weighted by atomic mass is 16.6. The molecule has 3 aromatic rings. The predicted octanol–water partition coefficient (Wildman–Crippen LogP) is 5.78. The standard InChI is InChI=1S/C31H35N3O4/c1-20(2)16-17-32-30(36)27-28(38-31(37)34(27)19-23-7-5-6-22(4)18-23)24-12-14-26(15-13-24)33-29(35)25-10-8-21(3)9-11-25/h5-15,18,20,27-28H,16-17,19H2,1-4H3,(H,32,36)(H,33,35). The number of nitrogens with one attached hydrogen (secondary N) is 2. The van der Waals surface area contributed by atoms with E-state index in [1.807, 2.05) is 50.2 Å². The van der Waals surface area contributed by atoms with Crippen molar-refractivity contribution in [2.75, 3.05) is 11.9 Å². The monoisotopic (exact) mass is 513 g/mol. The van der Waals surface area contributed by atoms with E-state index in [1.54, 1.807) is 36.4 Å². The summed E-state index contributed by atoms with van der Waals surface area (Å²) in [6, 6.07) is 21.5. The first-order valence-electron chi connectivity index (χ1n) is 13.0. The van der Waals surface area contributed by atoms with E-state index in [1.165, 1.54) is 4.90 Å². The maximum atomic E-state index is 13.4. The average molecular weight is 514 g/mol. The number of rotatable bonds is 9. The van der Waals surface area contributed by atoms with Crippen LogP contribution in [0.2, 0.25) is 0 Å². The molecule has 0 aromatic heterocycles. The Morgan fingerprint density at radius 3 is 2.32 bits per heavy atom. The van der Waals surface area contributed by atoms with E-state index in [0.717, 1.165) is 23.1 Å². The summed E-state index contributed by atoms with van der Waals surface area (Å²) >= 11 is 0. The molecule has 2 unspecified atom stereocenters. The van der Waals surface area contributed by atoms with Gasteiger partial charge in [0.2, 0.25) is 5.91 Å². The van der Waals surface area contributed by atoms with Crippen LogP contribution in [0.4, 0.5) is 10.5 Å². The van der Waals surface area contributed by atoms with Crippen molar-refractivity contribution < 1.29 is 19.1 Å². The van der Waals surface area contributed by atoms with Crippen LogP contribution in [-0.2, 0) is 16.1 Å². The van der Waals surface area contributed by atoms with Gasteiger partial charge >= 0.3 is 6.09 Å². The maximum Gasteiger partial charge on any atom is 0.411 e. The smallest absolute Gasteiger partial charge is 0.411 e. The number of cyclic esters (lactones) is 1. The molecule has 0 spiro atoms. The maximum absolute atomic E-state index is 13.4. The zero-order chi connectivity index (χ0) is 27.2. The Bertz CT molecular complexity index is 1290. The van der Waals surface area contributed by atoms with Crippen LogP contribution in [0.3, 0.4) is 0 Å². The van der Waals surface area contributed by atoms with E-state index >= 15 is 0 Å². The van der Waals surface area contributed by atoms with Crippen LogP contribution in [0.15, 0.2) is 72.8 Å². The molecule has 2 N–H and O–H groups in total. The van der Waals surface area contributed by atoms with Crippen molar-refractivity contribution in [1.29, 1.82) is 0 Å². The lowest BCUT2D eigenvalue weighted by Crippen LogP contribution is -2.46. The van der Waals surface area contributed by atoms with Crippen LogP contribution in [0.1, 0.15) is 59.0 Å². The van der Waals surface area contributed by atoms with Gasteiger partial charge in [-0.25, -0.2) is 4.79 Å². The zero-order valence-electron chi connectivity index (χ0n) is 22.4. The molecule has 198 valence electrons. The number of hydrogen-bond donors (Lipinski definition) is 2. The van der Waals surface area contributed by atoms with Gasteiger partial charge in [-0.15, -0.1) is 0 Å². The average Bonchev–Trinajstić information content (AvgIpc) is 3.20. The molecule has 7 heteroatoms. The highest BCUT2D eigenvalue weighted by Crippen LogP contribution is 2.34. The fraction of sp³-hybridized carbons (Fsp3) is 0.323. The molecule has 1 aliphatic heterocycles. The summed E-state index contributed by atoms with van der Waals surface area (Å²) in [4.78, 5) is 40.5. The molecule has 1 heterocycles. The Hall–Kier alpha value is -4.13. The van der Waals surface area contributed by atoms with Gasteiger partial charge in [0.25, 0.3) is 5.91 Å². The van der Waals surface area contributed by atoms with Gasteiger partial charge in [0.1, 0.15) is 0 Å². The van der Waals surface area contributed by atoms with E-state index in [4.69, 9.17) is 4.74 Å². The summed E-state index contributed by atoms with van der Waals surface area (Å²) < 4.78 is 5.76. The number of amides is 3. The first-order chi connectivity index (χ1) is 18.2. The second-order valence-corrected chi connectivity index (χ2v) is 10.3. The second-order valence-electron chi connectivity index (χ2n) is 10.3. The van der Waals surface area contributed by atoms with Crippen LogP contribution in [0, 0.1) is 19.8 Å². The lowest BCUT2D eigenvalue weighted by molar-refractivity contribution is -0.126. The quantitative estimate of drug-likeness (QED) is 0.380. The SMILES string of the molecule is Cc1ccc(C(=O)Nc2ccc(C3OC(=O)N(Cc4cccc(C)c4)C3C(=O)NCCC(C)C)cc2)cc1. The number of carbonyl (C=O) groups is 3. The Kier molecular flexibility index (Phi) is 8.46. The van der Waals surface area contributed by atoms with Gasteiger partial charge in [-0.05, 0) is 61.6 Å². The van der Waals surface area contributed by atoms with Crippen LogP contribution >= 0.6 is 0 Å². The van der Waals surface area contributed by atoms with Gasteiger partial charge in [-0.3, -0.25) is 14.5 Å². The number of nitrogens with zero attached hydrogens (tertiary/aromatic N) is 1. The van der Waals surface area contributed by atoms with E-state index in [9.17, 15) is 14.4 Å². The number of ether oxygens (including phenoxy) is 1. The summed E-state index contributed by atoms with van der Waals surface area (Å²) in [6.07, 6.45) is -0.462. The minimum atomic E-state index is -0.817. The number of anilines is 1. The number of carbonyl (C=O) groups excluding carboxylic acids is 3. The van der Waals surface area contributed by atoms with Crippen LogP contribution in [0.5, 0.6) is 0 Å². The van der Waals surface area contributed by atoms with Crippen LogP contribution in [0.25, 0.3) is 0 Å². The molecule has 0 radical (unpaired) electrons. The molecule has 3 amide bonds. The number of aryl methyl sites for hydroxylation is 2. The fourth-order valence-electron chi connectivity index (χ4n) is 4.47. The van der Waals surface area contributed by atoms with Gasteiger partial charge in [0.15, 0.2) is 12.1 Å². The van der Waals surface area contributed by atoms with Crippen molar-refractivity contribution in [3.63, 3.8) is 0 Å². The Labute approximate surface area is 224 Å². The number of benzene rings is 3. The van der Waals surface area contributed by atoms with Crippen molar-refractivity contribution in [3.8, 4) is 0 Å². The lowest BCUT2D eigenvalue weighted by Gasteiger charge is -2.24. The van der Waals surface area contributed by atoms with Gasteiger partial charge in [0.05, 0.1) is 6.54 Å². The van der Waals surface area contributed by atoms with E-state index in [-0.39, 0.29) is 18.4 Å². The van der Waals surface area contributed by atoms with Crippen molar-refractivity contribution in [2.24, 2.45) is 5.92 Å². The van der Waals surface area contributed by atoms with E-state index in [0.29, 0.717) is 29.3 Å².